The van der Waals surface area contributed by atoms with Crippen LogP contribution < -0.4 is 10.2 Å². The first-order valence-corrected chi connectivity index (χ1v) is 12.5. The lowest BCUT2D eigenvalue weighted by Crippen LogP contribution is -2.52. The van der Waals surface area contributed by atoms with Gasteiger partial charge in [-0.25, -0.2) is 0 Å². The largest absolute Gasteiger partial charge is 0.369 e. The number of aromatic nitrogens is 1. The lowest BCUT2D eigenvalue weighted by molar-refractivity contribution is -0.137. The molecule has 1 saturated carbocycles. The molecule has 0 radical (unpaired) electrons. The Kier molecular flexibility index (Phi) is 6.60. The van der Waals surface area contributed by atoms with Crippen LogP contribution in [-0.4, -0.2) is 47.9 Å². The van der Waals surface area contributed by atoms with E-state index in [1.54, 1.807) is 6.20 Å². The lowest BCUT2D eigenvalue weighted by Gasteiger charge is -2.39. The van der Waals surface area contributed by atoms with E-state index in [0.717, 1.165) is 63.2 Å². The number of carbonyl (C=O) groups excluding carboxylic acids is 2. The fraction of sp³-hybridized carbons (Fsp3) is 0.519. The smallest absolute Gasteiger partial charge is 0.231 e. The molecule has 1 aliphatic carbocycles. The number of anilines is 2. The molecule has 2 aliphatic heterocycles. The van der Waals surface area contributed by atoms with Crippen molar-refractivity contribution < 1.29 is 9.59 Å². The zero-order valence-electron chi connectivity index (χ0n) is 19.3. The van der Waals surface area contributed by atoms with E-state index in [1.807, 2.05) is 30.5 Å². The van der Waals surface area contributed by atoms with Gasteiger partial charge < -0.3 is 15.1 Å². The number of pyridine rings is 1. The molecular weight excluding hydrogens is 412 g/mol. The molecule has 3 fully saturated rings. The number of hydrogen-bond acceptors (Lipinski definition) is 4. The minimum atomic E-state index is 0.0101. The molecule has 0 bridgehead atoms. The van der Waals surface area contributed by atoms with Gasteiger partial charge in [0.2, 0.25) is 11.8 Å². The highest BCUT2D eigenvalue weighted by Gasteiger charge is 2.33. The van der Waals surface area contributed by atoms with E-state index in [0.29, 0.717) is 11.8 Å². The lowest BCUT2D eigenvalue weighted by atomic mass is 9.86. The van der Waals surface area contributed by atoms with Crippen LogP contribution in [0.3, 0.4) is 0 Å². The maximum Gasteiger partial charge on any atom is 0.231 e. The van der Waals surface area contributed by atoms with Crippen molar-refractivity contribution in [1.82, 2.24) is 9.88 Å². The molecule has 2 amide bonds. The summed E-state index contributed by atoms with van der Waals surface area (Å²) in [6.45, 7) is 3.20. The summed E-state index contributed by atoms with van der Waals surface area (Å²) in [6, 6.07) is 12.3. The predicted octanol–water partition coefficient (Wildman–Crippen LogP) is 4.44. The minimum absolute atomic E-state index is 0.0101. The third-order valence-electron chi connectivity index (χ3n) is 7.67. The second-order valence-corrected chi connectivity index (χ2v) is 9.86. The second-order valence-electron chi connectivity index (χ2n) is 9.86. The van der Waals surface area contributed by atoms with Crippen molar-refractivity contribution in [2.24, 2.45) is 11.8 Å². The molecule has 174 valence electrons. The molecule has 0 unspecified atom stereocenters. The standard InChI is InChI=1S/C27H34N4O2/c32-26(23-18-31(19-23)25-7-4-14-28-17-25)29-24-10-8-20(9-11-24)21-12-15-30(16-13-21)27(33)22-5-2-1-3-6-22/h4,7-11,14,17,21-23H,1-3,5-6,12-13,15-16,18-19H2,(H,29,32). The average Bonchev–Trinajstić information content (AvgIpc) is 2.84. The average molecular weight is 447 g/mol. The third kappa shape index (κ3) is 5.05. The summed E-state index contributed by atoms with van der Waals surface area (Å²) in [7, 11) is 0. The predicted molar refractivity (Wildman–Crippen MR) is 130 cm³/mol. The summed E-state index contributed by atoms with van der Waals surface area (Å²) in [5, 5.41) is 3.07. The van der Waals surface area contributed by atoms with Crippen LogP contribution in [0.5, 0.6) is 0 Å². The summed E-state index contributed by atoms with van der Waals surface area (Å²) < 4.78 is 0. The SMILES string of the molecule is O=C(Nc1ccc(C2CCN(C(=O)C3CCCCC3)CC2)cc1)C1CN(c2cccnc2)C1. The molecule has 0 spiro atoms. The number of likely N-dealkylation sites (tertiary alicyclic amines) is 1. The van der Waals surface area contributed by atoms with Gasteiger partial charge in [-0.15, -0.1) is 0 Å². The molecule has 6 nitrogen and oxygen atoms in total. The van der Waals surface area contributed by atoms with Crippen LogP contribution in [0.1, 0.15) is 56.4 Å². The Morgan fingerprint density at radius 3 is 2.27 bits per heavy atom. The van der Waals surface area contributed by atoms with Gasteiger partial charge in [0.25, 0.3) is 0 Å². The molecule has 1 N–H and O–H groups in total. The van der Waals surface area contributed by atoms with Crippen molar-refractivity contribution in [2.45, 2.75) is 50.9 Å². The first kappa shape index (κ1) is 21.9. The topological polar surface area (TPSA) is 65.5 Å². The first-order valence-electron chi connectivity index (χ1n) is 12.5. The fourth-order valence-electron chi connectivity index (χ4n) is 5.52. The van der Waals surface area contributed by atoms with E-state index < -0.39 is 0 Å². The summed E-state index contributed by atoms with van der Waals surface area (Å²) in [6.07, 6.45) is 11.5. The Hall–Kier alpha value is -2.89. The van der Waals surface area contributed by atoms with Gasteiger partial charge in [0, 0.05) is 44.0 Å². The molecular formula is C27H34N4O2. The van der Waals surface area contributed by atoms with Crippen LogP contribution in [0.25, 0.3) is 0 Å². The molecule has 0 atom stereocenters. The highest BCUT2D eigenvalue weighted by atomic mass is 16.2. The van der Waals surface area contributed by atoms with Gasteiger partial charge in [-0.05, 0) is 61.4 Å². The van der Waals surface area contributed by atoms with Crippen molar-refractivity contribution in [3.8, 4) is 0 Å². The van der Waals surface area contributed by atoms with E-state index in [1.165, 1.54) is 24.8 Å². The summed E-state index contributed by atoms with van der Waals surface area (Å²) in [5.74, 6) is 1.24. The number of piperidine rings is 1. The van der Waals surface area contributed by atoms with E-state index in [9.17, 15) is 9.59 Å². The van der Waals surface area contributed by atoms with Gasteiger partial charge in [0.05, 0.1) is 17.8 Å². The monoisotopic (exact) mass is 446 g/mol. The summed E-state index contributed by atoms with van der Waals surface area (Å²) in [4.78, 5) is 33.8. The molecule has 2 aromatic rings. The van der Waals surface area contributed by atoms with E-state index in [4.69, 9.17) is 0 Å². The van der Waals surface area contributed by atoms with Crippen LogP contribution >= 0.6 is 0 Å². The van der Waals surface area contributed by atoms with Crippen molar-refractivity contribution in [3.63, 3.8) is 0 Å². The van der Waals surface area contributed by atoms with Crippen molar-refractivity contribution in [2.75, 3.05) is 36.4 Å². The first-order chi connectivity index (χ1) is 16.2. The van der Waals surface area contributed by atoms with Crippen molar-refractivity contribution in [3.05, 3.63) is 54.4 Å². The van der Waals surface area contributed by atoms with Crippen molar-refractivity contribution >= 4 is 23.2 Å². The third-order valence-corrected chi connectivity index (χ3v) is 7.67. The van der Waals surface area contributed by atoms with Gasteiger partial charge in [-0.2, -0.15) is 0 Å². The van der Waals surface area contributed by atoms with Crippen LogP contribution in [0, 0.1) is 11.8 Å². The number of hydrogen-bond donors (Lipinski definition) is 1. The molecule has 1 aromatic heterocycles. The Morgan fingerprint density at radius 1 is 0.879 bits per heavy atom. The maximum absolute atomic E-state index is 12.8. The Labute approximate surface area is 196 Å². The van der Waals surface area contributed by atoms with Gasteiger partial charge >= 0.3 is 0 Å². The van der Waals surface area contributed by atoms with E-state index in [2.05, 4.69) is 32.2 Å². The normalized spacial score (nSPS) is 20.4. The summed E-state index contributed by atoms with van der Waals surface area (Å²) in [5.41, 5.74) is 3.23. The van der Waals surface area contributed by atoms with Crippen molar-refractivity contribution in [1.29, 1.82) is 0 Å². The highest BCUT2D eigenvalue weighted by molar-refractivity contribution is 5.94. The molecule has 6 heteroatoms. The number of nitrogens with zero attached hydrogens (tertiary/aromatic N) is 3. The zero-order valence-corrected chi connectivity index (χ0v) is 19.3. The van der Waals surface area contributed by atoms with Crippen LogP contribution in [0.4, 0.5) is 11.4 Å². The Bertz CT molecular complexity index is 942. The Balaban J connectivity index is 1.08. The van der Waals surface area contributed by atoms with Gasteiger partial charge in [0.15, 0.2) is 0 Å². The van der Waals surface area contributed by atoms with Crippen LogP contribution in [-0.2, 0) is 9.59 Å². The summed E-state index contributed by atoms with van der Waals surface area (Å²) >= 11 is 0. The maximum atomic E-state index is 12.8. The van der Waals surface area contributed by atoms with Crippen LogP contribution in [0.15, 0.2) is 48.8 Å². The minimum Gasteiger partial charge on any atom is -0.369 e. The van der Waals surface area contributed by atoms with Gasteiger partial charge in [-0.3, -0.25) is 14.6 Å². The number of amides is 2. The molecule has 3 heterocycles. The fourth-order valence-corrected chi connectivity index (χ4v) is 5.52. The molecule has 3 aliphatic rings. The molecule has 1 aromatic carbocycles. The van der Waals surface area contributed by atoms with Gasteiger partial charge in [-0.1, -0.05) is 31.4 Å². The molecule has 5 rings (SSSR count). The molecule has 33 heavy (non-hydrogen) atoms. The van der Waals surface area contributed by atoms with Crippen LogP contribution in [0.2, 0.25) is 0 Å². The second kappa shape index (κ2) is 9.94. The number of carbonyl (C=O) groups is 2. The Morgan fingerprint density at radius 2 is 1.61 bits per heavy atom. The van der Waals surface area contributed by atoms with E-state index in [-0.39, 0.29) is 17.7 Å². The van der Waals surface area contributed by atoms with Gasteiger partial charge in [0.1, 0.15) is 0 Å². The zero-order chi connectivity index (χ0) is 22.6. The van der Waals surface area contributed by atoms with E-state index >= 15 is 0 Å². The number of benzene rings is 1. The highest BCUT2D eigenvalue weighted by Crippen LogP contribution is 2.32. The quantitative estimate of drug-likeness (QED) is 0.737. The number of rotatable bonds is 5. The molecule has 2 saturated heterocycles. The number of nitrogens with one attached hydrogen (secondary N) is 1.